The van der Waals surface area contributed by atoms with Crippen molar-refractivity contribution in [2.75, 3.05) is 53.4 Å². The Hall–Kier alpha value is -1.84. The highest BCUT2D eigenvalue weighted by atomic mass is 32.2. The Kier molecular flexibility index (Phi) is 8.14. The molecule has 0 spiro atoms. The molecule has 2 aliphatic heterocycles. The molecule has 1 unspecified atom stereocenters. The highest BCUT2D eigenvalue weighted by Crippen LogP contribution is 2.33. The zero-order valence-electron chi connectivity index (χ0n) is 16.9. The largest absolute Gasteiger partial charge is 0.493 e. The van der Waals surface area contributed by atoms with Gasteiger partial charge in [-0.15, -0.1) is 0 Å². The van der Waals surface area contributed by atoms with Crippen LogP contribution in [0.3, 0.4) is 0 Å². The third kappa shape index (κ3) is 5.61. The third-order valence-corrected chi connectivity index (χ3v) is 6.23. The molecule has 1 aromatic carbocycles. The molecule has 7 nitrogen and oxygen atoms in total. The van der Waals surface area contributed by atoms with Crippen LogP contribution in [0, 0.1) is 0 Å². The van der Waals surface area contributed by atoms with Crippen LogP contribution in [0.1, 0.15) is 25.3 Å². The maximum absolute atomic E-state index is 12.6. The maximum atomic E-state index is 12.6. The van der Waals surface area contributed by atoms with E-state index in [0.29, 0.717) is 18.0 Å². The summed E-state index contributed by atoms with van der Waals surface area (Å²) < 4.78 is 28.2. The number of halogens is 1. The summed E-state index contributed by atoms with van der Waals surface area (Å²) in [4.78, 5) is 14.9. The molecule has 2 heterocycles. The Bertz CT molecular complexity index is 728. The SMILES string of the molecule is CCC1SC(=O)N(CCCN2CCOCC2)N=C1c1ccc(OCF)c(OC)c1. The van der Waals surface area contributed by atoms with E-state index in [2.05, 4.69) is 10.0 Å². The smallest absolute Gasteiger partial charge is 0.302 e. The van der Waals surface area contributed by atoms with Gasteiger partial charge in [0.15, 0.2) is 11.5 Å². The van der Waals surface area contributed by atoms with Gasteiger partial charge in [-0.25, -0.2) is 9.40 Å². The maximum Gasteiger partial charge on any atom is 0.302 e. The minimum Gasteiger partial charge on any atom is -0.493 e. The molecule has 1 fully saturated rings. The molecule has 160 valence electrons. The molecule has 0 bridgehead atoms. The van der Waals surface area contributed by atoms with Crippen LogP contribution < -0.4 is 9.47 Å². The summed E-state index contributed by atoms with van der Waals surface area (Å²) in [7, 11) is 1.51. The lowest BCUT2D eigenvalue weighted by molar-refractivity contribution is 0.0366. The Morgan fingerprint density at radius 2 is 2.07 bits per heavy atom. The van der Waals surface area contributed by atoms with Crippen LogP contribution in [0.15, 0.2) is 23.3 Å². The lowest BCUT2D eigenvalue weighted by Gasteiger charge is -2.30. The average molecular weight is 426 g/mol. The first-order valence-corrected chi connectivity index (χ1v) is 10.8. The van der Waals surface area contributed by atoms with Crippen LogP contribution in [0.4, 0.5) is 9.18 Å². The average Bonchev–Trinajstić information content (AvgIpc) is 2.76. The summed E-state index contributed by atoms with van der Waals surface area (Å²) in [5, 5.41) is 6.19. The van der Waals surface area contributed by atoms with Crippen molar-refractivity contribution in [3.05, 3.63) is 23.8 Å². The second-order valence-electron chi connectivity index (χ2n) is 6.82. The first-order chi connectivity index (χ1) is 14.2. The second kappa shape index (κ2) is 10.8. The van der Waals surface area contributed by atoms with E-state index in [0.717, 1.165) is 57.0 Å². The predicted molar refractivity (Wildman–Crippen MR) is 112 cm³/mol. The van der Waals surface area contributed by atoms with E-state index >= 15 is 0 Å². The second-order valence-corrected chi connectivity index (χ2v) is 7.97. The first-order valence-electron chi connectivity index (χ1n) is 9.90. The predicted octanol–water partition coefficient (Wildman–Crippen LogP) is 3.37. The number of amides is 1. The normalized spacial score (nSPS) is 20.5. The number of benzene rings is 1. The molecule has 2 aliphatic rings. The number of hydrazone groups is 1. The minimum atomic E-state index is -0.921. The van der Waals surface area contributed by atoms with E-state index in [4.69, 9.17) is 14.2 Å². The zero-order valence-corrected chi connectivity index (χ0v) is 17.8. The quantitative estimate of drug-likeness (QED) is 0.605. The van der Waals surface area contributed by atoms with Gasteiger partial charge in [-0.3, -0.25) is 9.69 Å². The molecule has 9 heteroatoms. The lowest BCUT2D eigenvalue weighted by Crippen LogP contribution is -2.39. The number of carbonyl (C=O) groups excluding carboxylic acids is 1. The Balaban J connectivity index is 1.73. The number of nitrogens with zero attached hydrogens (tertiary/aromatic N) is 3. The van der Waals surface area contributed by atoms with Crippen LogP contribution in [-0.4, -0.2) is 79.5 Å². The van der Waals surface area contributed by atoms with Gasteiger partial charge in [-0.05, 0) is 31.0 Å². The molecule has 29 heavy (non-hydrogen) atoms. The van der Waals surface area contributed by atoms with Crippen LogP contribution in [0.2, 0.25) is 0 Å². The summed E-state index contributed by atoms with van der Waals surface area (Å²) >= 11 is 1.30. The highest BCUT2D eigenvalue weighted by molar-refractivity contribution is 8.14. The number of morpholine rings is 1. The number of alkyl halides is 1. The van der Waals surface area contributed by atoms with Crippen LogP contribution in [0.25, 0.3) is 0 Å². The number of hydrogen-bond acceptors (Lipinski definition) is 7. The molecule has 1 aromatic rings. The Labute approximate surface area is 175 Å². The van der Waals surface area contributed by atoms with Crippen LogP contribution in [-0.2, 0) is 4.74 Å². The fourth-order valence-electron chi connectivity index (χ4n) is 3.41. The van der Waals surface area contributed by atoms with Crippen molar-refractivity contribution >= 4 is 22.7 Å². The molecule has 1 saturated heterocycles. The highest BCUT2D eigenvalue weighted by Gasteiger charge is 2.30. The molecule has 0 N–H and O–H groups in total. The van der Waals surface area contributed by atoms with Crippen molar-refractivity contribution in [1.29, 1.82) is 0 Å². The molecule has 0 saturated carbocycles. The number of carbonyl (C=O) groups is 1. The number of thioether (sulfide) groups is 1. The number of rotatable bonds is 9. The van der Waals surface area contributed by atoms with Crippen molar-refractivity contribution in [1.82, 2.24) is 9.91 Å². The summed E-state index contributed by atoms with van der Waals surface area (Å²) in [5.41, 5.74) is 1.67. The van der Waals surface area contributed by atoms with E-state index in [-0.39, 0.29) is 10.5 Å². The van der Waals surface area contributed by atoms with E-state index in [9.17, 15) is 9.18 Å². The van der Waals surface area contributed by atoms with E-state index in [1.165, 1.54) is 18.9 Å². The van der Waals surface area contributed by atoms with Gasteiger partial charge in [0.25, 0.3) is 0 Å². The summed E-state index contributed by atoms with van der Waals surface area (Å²) in [6, 6.07) is 5.29. The lowest BCUT2D eigenvalue weighted by atomic mass is 10.0. The van der Waals surface area contributed by atoms with Gasteiger partial charge in [0.05, 0.1) is 31.3 Å². The number of methoxy groups -OCH3 is 1. The van der Waals surface area contributed by atoms with Gasteiger partial charge >= 0.3 is 5.24 Å². The van der Waals surface area contributed by atoms with Crippen molar-refractivity contribution in [3.8, 4) is 11.5 Å². The van der Waals surface area contributed by atoms with Crippen molar-refractivity contribution < 1.29 is 23.4 Å². The minimum absolute atomic E-state index is 0.0214. The first kappa shape index (κ1) is 21.9. The van der Waals surface area contributed by atoms with Gasteiger partial charge in [0, 0.05) is 31.7 Å². The van der Waals surface area contributed by atoms with Gasteiger partial charge in [-0.1, -0.05) is 18.7 Å². The van der Waals surface area contributed by atoms with Gasteiger partial charge in [0.1, 0.15) is 0 Å². The molecule has 0 radical (unpaired) electrons. The van der Waals surface area contributed by atoms with Gasteiger partial charge in [0.2, 0.25) is 6.86 Å². The monoisotopic (exact) mass is 425 g/mol. The molecule has 0 aliphatic carbocycles. The third-order valence-electron chi connectivity index (χ3n) is 4.98. The summed E-state index contributed by atoms with van der Waals surface area (Å²) in [5.74, 6) is 0.785. The van der Waals surface area contributed by atoms with Crippen LogP contribution in [0.5, 0.6) is 11.5 Å². The molecule has 1 atom stereocenters. The molecule has 3 rings (SSSR count). The van der Waals surface area contributed by atoms with Crippen molar-refractivity contribution in [2.24, 2.45) is 5.10 Å². The van der Waals surface area contributed by atoms with Crippen molar-refractivity contribution in [3.63, 3.8) is 0 Å². The van der Waals surface area contributed by atoms with E-state index in [1.807, 2.05) is 13.0 Å². The topological polar surface area (TPSA) is 63.6 Å². The molecule has 0 aromatic heterocycles. The van der Waals surface area contributed by atoms with Crippen molar-refractivity contribution in [2.45, 2.75) is 25.0 Å². The van der Waals surface area contributed by atoms with E-state index < -0.39 is 6.86 Å². The fraction of sp³-hybridized carbons (Fsp3) is 0.600. The molecular formula is C20H28FN3O4S. The van der Waals surface area contributed by atoms with Gasteiger partial charge < -0.3 is 14.2 Å². The summed E-state index contributed by atoms with van der Waals surface area (Å²) in [6.45, 7) is 6.00. The number of ether oxygens (including phenoxy) is 3. The summed E-state index contributed by atoms with van der Waals surface area (Å²) in [6.07, 6.45) is 1.63. The molecular weight excluding hydrogens is 397 g/mol. The van der Waals surface area contributed by atoms with Gasteiger partial charge in [-0.2, -0.15) is 5.10 Å². The van der Waals surface area contributed by atoms with Crippen LogP contribution >= 0.6 is 11.8 Å². The molecule has 1 amide bonds. The standard InChI is InChI=1S/C20H28FN3O4S/c1-3-18-19(15-5-6-16(28-14-21)17(13-15)26-2)22-24(20(25)29-18)8-4-7-23-9-11-27-12-10-23/h5-6,13,18H,3-4,7-12,14H2,1-2H3. The number of hydrogen-bond donors (Lipinski definition) is 0. The fourth-order valence-corrected chi connectivity index (χ4v) is 4.37. The zero-order chi connectivity index (χ0) is 20.6. The van der Waals surface area contributed by atoms with E-state index in [1.54, 1.807) is 17.1 Å². The Morgan fingerprint density at radius 1 is 1.28 bits per heavy atom. The Morgan fingerprint density at radius 3 is 2.76 bits per heavy atom.